The molecule has 1 aromatic carbocycles. The number of benzene rings is 1. The molecule has 0 saturated heterocycles. The van der Waals surface area contributed by atoms with E-state index >= 15 is 0 Å². The Labute approximate surface area is 85.5 Å². The second kappa shape index (κ2) is 3.31. The highest BCUT2D eigenvalue weighted by Gasteiger charge is 2.37. The van der Waals surface area contributed by atoms with Gasteiger partial charge in [-0.25, -0.2) is 0 Å². The molecule has 1 unspecified atom stereocenters. The predicted molar refractivity (Wildman–Crippen MR) is 50.6 cm³/mol. The van der Waals surface area contributed by atoms with Crippen LogP contribution in [0.5, 0.6) is 0 Å². The highest BCUT2D eigenvalue weighted by molar-refractivity contribution is 6.47. The van der Waals surface area contributed by atoms with Crippen molar-refractivity contribution in [1.82, 2.24) is 0 Å². The number of carboxylic acids is 1. The van der Waals surface area contributed by atoms with E-state index in [9.17, 15) is 14.4 Å². The molecule has 4 heteroatoms. The minimum Gasteiger partial charge on any atom is -0.481 e. The first-order valence-electron chi connectivity index (χ1n) is 4.50. The molecule has 0 radical (unpaired) electrons. The fraction of sp³-hybridized carbons (Fsp3) is 0.182. The molecule has 1 N–H and O–H groups in total. The third-order valence-corrected chi connectivity index (χ3v) is 2.52. The van der Waals surface area contributed by atoms with Crippen LogP contribution in [-0.2, 0) is 16.0 Å². The predicted octanol–water partition coefficient (Wildman–Crippen LogP) is 0.695. The zero-order valence-electron chi connectivity index (χ0n) is 7.77. The van der Waals surface area contributed by atoms with Crippen LogP contribution in [0.3, 0.4) is 0 Å². The molecule has 0 aliphatic heterocycles. The van der Waals surface area contributed by atoms with E-state index in [-0.39, 0.29) is 6.42 Å². The normalized spacial score (nSPS) is 19.9. The number of hydrogen-bond donors (Lipinski definition) is 1. The van der Waals surface area contributed by atoms with E-state index in [2.05, 4.69) is 0 Å². The smallest absolute Gasteiger partial charge is 0.314 e. The maximum Gasteiger partial charge on any atom is 0.314 e. The molecule has 4 nitrogen and oxygen atoms in total. The zero-order chi connectivity index (χ0) is 11.0. The molecule has 0 fully saturated rings. The summed E-state index contributed by atoms with van der Waals surface area (Å²) in [5, 5.41) is 8.78. The summed E-state index contributed by atoms with van der Waals surface area (Å²) in [7, 11) is 0. The monoisotopic (exact) mass is 204 g/mol. The minimum absolute atomic E-state index is 0.107. The molecular weight excluding hydrogens is 196 g/mol. The van der Waals surface area contributed by atoms with Gasteiger partial charge in [-0.05, 0) is 12.0 Å². The molecule has 1 aliphatic carbocycles. The Balaban J connectivity index is 2.50. The molecule has 76 valence electrons. The molecule has 0 spiro atoms. The van der Waals surface area contributed by atoms with E-state index in [0.29, 0.717) is 11.1 Å². The summed E-state index contributed by atoms with van der Waals surface area (Å²) in [6.45, 7) is 0. The van der Waals surface area contributed by atoms with Crippen LogP contribution in [0, 0.1) is 5.92 Å². The van der Waals surface area contributed by atoms with Gasteiger partial charge in [0.1, 0.15) is 5.92 Å². The number of aliphatic carboxylic acids is 1. The summed E-state index contributed by atoms with van der Waals surface area (Å²) < 4.78 is 0. The molecule has 0 aromatic heterocycles. The number of carboxylic acid groups (broad SMARTS) is 1. The average molecular weight is 204 g/mol. The Hall–Kier alpha value is -1.97. The lowest BCUT2D eigenvalue weighted by Crippen LogP contribution is -2.36. The Kier molecular flexibility index (Phi) is 2.11. The Morgan fingerprint density at radius 3 is 2.60 bits per heavy atom. The van der Waals surface area contributed by atoms with Crippen LogP contribution in [0.2, 0.25) is 0 Å². The van der Waals surface area contributed by atoms with Gasteiger partial charge in [0, 0.05) is 5.56 Å². The maximum atomic E-state index is 11.5. The Morgan fingerprint density at radius 2 is 1.93 bits per heavy atom. The second-order valence-electron chi connectivity index (χ2n) is 3.45. The highest BCUT2D eigenvalue weighted by atomic mass is 16.4. The van der Waals surface area contributed by atoms with E-state index in [4.69, 9.17) is 5.11 Å². The number of Topliss-reactive ketones (excluding diaryl/α,β-unsaturated/α-hetero) is 2. The van der Waals surface area contributed by atoms with Crippen LogP contribution in [0.25, 0.3) is 0 Å². The van der Waals surface area contributed by atoms with Gasteiger partial charge in [0.05, 0.1) is 0 Å². The molecular formula is C11H8O4. The number of carbonyl (C=O) groups is 3. The topological polar surface area (TPSA) is 71.4 Å². The Bertz CT molecular complexity index is 461. The van der Waals surface area contributed by atoms with Gasteiger partial charge in [-0.1, -0.05) is 24.3 Å². The number of hydrogen-bond acceptors (Lipinski definition) is 3. The largest absolute Gasteiger partial charge is 0.481 e. The standard InChI is InChI=1S/C11H8O4/c12-9-7-4-2-1-3-6(7)5-8(10(9)13)11(14)15/h1-4,8H,5H2,(H,14,15). The van der Waals surface area contributed by atoms with Gasteiger partial charge in [-0.2, -0.15) is 0 Å². The van der Waals surface area contributed by atoms with Crippen LogP contribution in [0.15, 0.2) is 24.3 Å². The van der Waals surface area contributed by atoms with Crippen molar-refractivity contribution in [2.45, 2.75) is 6.42 Å². The molecule has 2 rings (SSSR count). The van der Waals surface area contributed by atoms with Crippen LogP contribution in [-0.4, -0.2) is 22.6 Å². The zero-order valence-corrected chi connectivity index (χ0v) is 7.77. The van der Waals surface area contributed by atoms with Gasteiger partial charge in [0.15, 0.2) is 0 Å². The summed E-state index contributed by atoms with van der Waals surface area (Å²) in [4.78, 5) is 33.7. The lowest BCUT2D eigenvalue weighted by Gasteiger charge is -2.18. The fourth-order valence-corrected chi connectivity index (χ4v) is 1.72. The molecule has 1 aliphatic rings. The van der Waals surface area contributed by atoms with Crippen LogP contribution in [0.1, 0.15) is 15.9 Å². The van der Waals surface area contributed by atoms with E-state index in [1.165, 1.54) is 0 Å². The lowest BCUT2D eigenvalue weighted by molar-refractivity contribution is -0.145. The van der Waals surface area contributed by atoms with Gasteiger partial charge < -0.3 is 5.11 Å². The Morgan fingerprint density at radius 1 is 1.27 bits per heavy atom. The van der Waals surface area contributed by atoms with Gasteiger partial charge in [-0.3, -0.25) is 14.4 Å². The first kappa shape index (κ1) is 9.58. The molecule has 0 heterocycles. The third-order valence-electron chi connectivity index (χ3n) is 2.52. The van der Waals surface area contributed by atoms with Gasteiger partial charge in [0.25, 0.3) is 0 Å². The maximum absolute atomic E-state index is 11.5. The SMILES string of the molecule is O=C1C(=O)C(C(=O)O)Cc2ccccc21. The van der Waals surface area contributed by atoms with Crippen molar-refractivity contribution >= 4 is 17.5 Å². The van der Waals surface area contributed by atoms with Crippen molar-refractivity contribution in [3.8, 4) is 0 Å². The van der Waals surface area contributed by atoms with Gasteiger partial charge in [0.2, 0.25) is 11.6 Å². The van der Waals surface area contributed by atoms with E-state index < -0.39 is 23.5 Å². The van der Waals surface area contributed by atoms with Crippen LogP contribution >= 0.6 is 0 Å². The van der Waals surface area contributed by atoms with Crippen molar-refractivity contribution in [3.05, 3.63) is 35.4 Å². The third kappa shape index (κ3) is 1.44. The molecule has 15 heavy (non-hydrogen) atoms. The fourth-order valence-electron chi connectivity index (χ4n) is 1.72. The van der Waals surface area contributed by atoms with E-state index in [1.54, 1.807) is 24.3 Å². The van der Waals surface area contributed by atoms with E-state index in [0.717, 1.165) is 0 Å². The van der Waals surface area contributed by atoms with Crippen LogP contribution in [0.4, 0.5) is 0 Å². The van der Waals surface area contributed by atoms with Crippen molar-refractivity contribution < 1.29 is 19.5 Å². The summed E-state index contributed by atoms with van der Waals surface area (Å²) >= 11 is 0. The second-order valence-corrected chi connectivity index (χ2v) is 3.45. The van der Waals surface area contributed by atoms with Gasteiger partial charge >= 0.3 is 5.97 Å². The summed E-state index contributed by atoms with van der Waals surface area (Å²) in [6.07, 6.45) is 0.107. The lowest BCUT2D eigenvalue weighted by atomic mass is 9.82. The van der Waals surface area contributed by atoms with Crippen molar-refractivity contribution in [1.29, 1.82) is 0 Å². The number of carbonyl (C=O) groups excluding carboxylic acids is 2. The van der Waals surface area contributed by atoms with Crippen molar-refractivity contribution in [2.75, 3.05) is 0 Å². The molecule has 1 aromatic rings. The van der Waals surface area contributed by atoms with E-state index in [1.807, 2.05) is 0 Å². The van der Waals surface area contributed by atoms with Crippen LogP contribution < -0.4 is 0 Å². The first-order chi connectivity index (χ1) is 7.11. The highest BCUT2D eigenvalue weighted by Crippen LogP contribution is 2.23. The minimum atomic E-state index is -1.23. The summed E-state index contributed by atoms with van der Waals surface area (Å²) in [6, 6.07) is 6.61. The number of fused-ring (bicyclic) bond motifs is 1. The average Bonchev–Trinajstić information content (AvgIpc) is 2.23. The molecule has 0 bridgehead atoms. The molecule has 0 amide bonds. The number of ketones is 2. The molecule has 1 atom stereocenters. The van der Waals surface area contributed by atoms with Crippen molar-refractivity contribution in [3.63, 3.8) is 0 Å². The summed E-state index contributed by atoms with van der Waals surface area (Å²) in [5.41, 5.74) is 0.967. The quantitative estimate of drug-likeness (QED) is 0.539. The summed E-state index contributed by atoms with van der Waals surface area (Å²) in [5.74, 6) is -3.96. The number of rotatable bonds is 1. The first-order valence-corrected chi connectivity index (χ1v) is 4.50. The van der Waals surface area contributed by atoms with Crippen molar-refractivity contribution in [2.24, 2.45) is 5.92 Å². The van der Waals surface area contributed by atoms with Gasteiger partial charge in [-0.15, -0.1) is 0 Å². The molecule has 0 saturated carbocycles.